The number of carbonyl (C=O) groups excluding carboxylic acids is 1. The Kier molecular flexibility index (Phi) is 3.03. The zero-order valence-corrected chi connectivity index (χ0v) is 7.65. The molecule has 0 spiro atoms. The summed E-state index contributed by atoms with van der Waals surface area (Å²) < 4.78 is 4.98. The van der Waals surface area contributed by atoms with Crippen LogP contribution in [0.25, 0.3) is 0 Å². The maximum absolute atomic E-state index is 10.5. The van der Waals surface area contributed by atoms with E-state index in [0.717, 1.165) is 6.29 Å². The second kappa shape index (κ2) is 4.05. The lowest BCUT2D eigenvalue weighted by Gasteiger charge is -2.07. The van der Waals surface area contributed by atoms with Gasteiger partial charge in [0.1, 0.15) is 12.0 Å². The van der Waals surface area contributed by atoms with Gasteiger partial charge in [0.25, 0.3) is 0 Å². The summed E-state index contributed by atoms with van der Waals surface area (Å²) in [6.07, 6.45) is 0.141. The second-order valence-electron chi connectivity index (χ2n) is 2.83. The van der Waals surface area contributed by atoms with E-state index in [9.17, 15) is 9.90 Å². The topological polar surface area (TPSA) is 46.5 Å². The molecule has 0 fully saturated rings. The number of carbonyl (C=O) groups is 1. The van der Waals surface area contributed by atoms with Gasteiger partial charge in [0, 0.05) is 5.56 Å². The largest absolute Gasteiger partial charge is 0.497 e. The van der Waals surface area contributed by atoms with Crippen LogP contribution >= 0.6 is 0 Å². The van der Waals surface area contributed by atoms with E-state index in [1.54, 1.807) is 25.1 Å². The smallest absolute Gasteiger partial charge is 0.150 e. The Morgan fingerprint density at radius 1 is 1.46 bits per heavy atom. The molecule has 3 nitrogen and oxygen atoms in total. The van der Waals surface area contributed by atoms with E-state index in [1.165, 1.54) is 7.11 Å². The first-order valence-corrected chi connectivity index (χ1v) is 3.99. The molecule has 1 atom stereocenters. The molecule has 1 N–H and O–H groups in total. The summed E-state index contributed by atoms with van der Waals surface area (Å²) in [6, 6.07) is 4.97. The maximum Gasteiger partial charge on any atom is 0.150 e. The highest BCUT2D eigenvalue weighted by atomic mass is 16.5. The Morgan fingerprint density at radius 2 is 2.15 bits per heavy atom. The molecule has 3 heteroatoms. The van der Waals surface area contributed by atoms with Crippen molar-refractivity contribution in [3.8, 4) is 5.75 Å². The van der Waals surface area contributed by atoms with E-state index in [-0.39, 0.29) is 0 Å². The van der Waals surface area contributed by atoms with Crippen LogP contribution in [0.5, 0.6) is 5.75 Å². The number of hydrogen-bond acceptors (Lipinski definition) is 3. The number of hydrogen-bond donors (Lipinski definition) is 1. The third-order valence-electron chi connectivity index (χ3n) is 1.81. The highest BCUT2D eigenvalue weighted by Gasteiger charge is 2.04. The van der Waals surface area contributed by atoms with Gasteiger partial charge in [0.2, 0.25) is 0 Å². The van der Waals surface area contributed by atoms with Crippen molar-refractivity contribution < 1.29 is 14.6 Å². The molecule has 0 aliphatic heterocycles. The molecule has 1 unspecified atom stereocenters. The highest BCUT2D eigenvalue weighted by molar-refractivity contribution is 5.76. The lowest BCUT2D eigenvalue weighted by atomic mass is 10.1. The minimum atomic E-state index is -0.589. The summed E-state index contributed by atoms with van der Waals surface area (Å²) in [4.78, 5) is 10.5. The van der Waals surface area contributed by atoms with Gasteiger partial charge in [0.15, 0.2) is 0 Å². The number of aliphatic hydroxyl groups is 1. The van der Waals surface area contributed by atoms with E-state index in [0.29, 0.717) is 16.9 Å². The SMILES string of the molecule is COc1cc(C=O)cc(C(C)O)c1. The third-order valence-corrected chi connectivity index (χ3v) is 1.81. The number of methoxy groups -OCH3 is 1. The number of benzene rings is 1. The molecule has 0 aliphatic rings. The normalized spacial score (nSPS) is 12.2. The zero-order valence-electron chi connectivity index (χ0n) is 7.65. The van der Waals surface area contributed by atoms with Gasteiger partial charge >= 0.3 is 0 Å². The molecular formula is C10H12O3. The summed E-state index contributed by atoms with van der Waals surface area (Å²) in [5.74, 6) is 0.584. The summed E-state index contributed by atoms with van der Waals surface area (Å²) in [5, 5.41) is 9.29. The molecule has 0 saturated carbocycles. The minimum absolute atomic E-state index is 0.509. The van der Waals surface area contributed by atoms with Crippen molar-refractivity contribution in [2.75, 3.05) is 7.11 Å². The predicted octanol–water partition coefficient (Wildman–Crippen LogP) is 1.56. The van der Waals surface area contributed by atoms with E-state index in [2.05, 4.69) is 0 Å². The van der Waals surface area contributed by atoms with Gasteiger partial charge in [-0.3, -0.25) is 4.79 Å². The lowest BCUT2D eigenvalue weighted by Crippen LogP contribution is -1.95. The molecule has 1 aromatic carbocycles. The molecule has 0 heterocycles. The van der Waals surface area contributed by atoms with Crippen molar-refractivity contribution >= 4 is 6.29 Å². The van der Waals surface area contributed by atoms with Crippen LogP contribution in [0.15, 0.2) is 18.2 Å². The van der Waals surface area contributed by atoms with Gasteiger partial charge in [-0.25, -0.2) is 0 Å². The van der Waals surface area contributed by atoms with Crippen LogP contribution in [0, 0.1) is 0 Å². The molecule has 0 radical (unpaired) electrons. The van der Waals surface area contributed by atoms with Crippen molar-refractivity contribution in [3.63, 3.8) is 0 Å². The molecule has 0 saturated heterocycles. The predicted molar refractivity (Wildman–Crippen MR) is 49.0 cm³/mol. The number of aldehydes is 1. The fraction of sp³-hybridized carbons (Fsp3) is 0.300. The zero-order chi connectivity index (χ0) is 9.84. The van der Waals surface area contributed by atoms with E-state index < -0.39 is 6.10 Å². The first-order valence-electron chi connectivity index (χ1n) is 3.99. The molecule has 0 aliphatic carbocycles. The van der Waals surface area contributed by atoms with Crippen LogP contribution < -0.4 is 4.74 Å². The molecule has 70 valence electrons. The van der Waals surface area contributed by atoms with Crippen LogP contribution in [0.4, 0.5) is 0 Å². The average molecular weight is 180 g/mol. The monoisotopic (exact) mass is 180 g/mol. The number of rotatable bonds is 3. The molecule has 13 heavy (non-hydrogen) atoms. The summed E-state index contributed by atoms with van der Waals surface area (Å²) in [7, 11) is 1.52. The Bertz CT molecular complexity index is 305. The van der Waals surface area contributed by atoms with Crippen LogP contribution in [0.2, 0.25) is 0 Å². The molecule has 0 amide bonds. The van der Waals surface area contributed by atoms with Crippen molar-refractivity contribution in [2.24, 2.45) is 0 Å². The average Bonchev–Trinajstić information content (AvgIpc) is 2.16. The van der Waals surface area contributed by atoms with Gasteiger partial charge < -0.3 is 9.84 Å². The van der Waals surface area contributed by atoms with E-state index in [1.807, 2.05) is 0 Å². The Morgan fingerprint density at radius 3 is 2.62 bits per heavy atom. The van der Waals surface area contributed by atoms with Crippen LogP contribution in [-0.4, -0.2) is 18.5 Å². The lowest BCUT2D eigenvalue weighted by molar-refractivity contribution is 0.112. The Labute approximate surface area is 77.0 Å². The Balaban J connectivity index is 3.14. The molecule has 1 aromatic rings. The number of aliphatic hydroxyl groups excluding tert-OH is 1. The summed E-state index contributed by atoms with van der Waals surface area (Å²) in [5.41, 5.74) is 1.19. The first-order chi connectivity index (χ1) is 6.17. The Hall–Kier alpha value is -1.35. The van der Waals surface area contributed by atoms with Crippen molar-refractivity contribution in [2.45, 2.75) is 13.0 Å². The van der Waals surface area contributed by atoms with Crippen LogP contribution in [0.3, 0.4) is 0 Å². The third kappa shape index (κ3) is 2.29. The standard InChI is InChI=1S/C10H12O3/c1-7(12)9-3-8(6-11)4-10(5-9)13-2/h3-7,12H,1-2H3. The molecule has 1 rings (SSSR count). The van der Waals surface area contributed by atoms with Crippen molar-refractivity contribution in [1.29, 1.82) is 0 Å². The number of ether oxygens (including phenoxy) is 1. The van der Waals surface area contributed by atoms with E-state index in [4.69, 9.17) is 4.74 Å². The quantitative estimate of drug-likeness (QED) is 0.718. The van der Waals surface area contributed by atoms with Crippen LogP contribution in [-0.2, 0) is 0 Å². The van der Waals surface area contributed by atoms with Crippen molar-refractivity contribution in [1.82, 2.24) is 0 Å². The highest BCUT2D eigenvalue weighted by Crippen LogP contribution is 2.20. The maximum atomic E-state index is 10.5. The van der Waals surface area contributed by atoms with Gasteiger partial charge in [-0.2, -0.15) is 0 Å². The molecular weight excluding hydrogens is 168 g/mol. The van der Waals surface area contributed by atoms with Gasteiger partial charge in [-0.1, -0.05) is 0 Å². The summed E-state index contributed by atoms with van der Waals surface area (Å²) in [6.45, 7) is 1.64. The fourth-order valence-electron chi connectivity index (χ4n) is 1.07. The van der Waals surface area contributed by atoms with Gasteiger partial charge in [-0.05, 0) is 30.7 Å². The first kappa shape index (κ1) is 9.74. The summed E-state index contributed by atoms with van der Waals surface area (Å²) >= 11 is 0. The second-order valence-corrected chi connectivity index (χ2v) is 2.83. The van der Waals surface area contributed by atoms with Gasteiger partial charge in [0.05, 0.1) is 13.2 Å². The van der Waals surface area contributed by atoms with Crippen molar-refractivity contribution in [3.05, 3.63) is 29.3 Å². The minimum Gasteiger partial charge on any atom is -0.497 e. The fourth-order valence-corrected chi connectivity index (χ4v) is 1.07. The molecule has 0 bridgehead atoms. The van der Waals surface area contributed by atoms with E-state index >= 15 is 0 Å². The molecule has 0 aromatic heterocycles. The van der Waals surface area contributed by atoms with Gasteiger partial charge in [-0.15, -0.1) is 0 Å². The van der Waals surface area contributed by atoms with Crippen LogP contribution in [0.1, 0.15) is 28.9 Å².